The van der Waals surface area contributed by atoms with E-state index in [9.17, 15) is 19.2 Å². The molecule has 0 atom stereocenters. The number of aryl methyl sites for hydroxylation is 1. The smallest absolute Gasteiger partial charge is 0.410 e. The molecule has 1 aliphatic heterocycles. The van der Waals surface area contributed by atoms with Crippen LogP contribution in [-0.2, 0) is 19.1 Å². The monoisotopic (exact) mass is 582 g/mol. The fourth-order valence-corrected chi connectivity index (χ4v) is 4.35. The van der Waals surface area contributed by atoms with Crippen LogP contribution in [0.25, 0.3) is 0 Å². The molecule has 228 valence electrons. The van der Waals surface area contributed by atoms with Gasteiger partial charge in [0, 0.05) is 56.2 Å². The van der Waals surface area contributed by atoms with E-state index in [4.69, 9.17) is 14.2 Å². The van der Waals surface area contributed by atoms with Crippen LogP contribution in [0, 0.1) is 6.92 Å². The van der Waals surface area contributed by atoms with Crippen LogP contribution in [0.15, 0.2) is 42.5 Å². The van der Waals surface area contributed by atoms with Gasteiger partial charge in [-0.15, -0.1) is 0 Å². The molecule has 1 N–H and O–H groups in total. The van der Waals surface area contributed by atoms with Crippen molar-refractivity contribution in [3.05, 3.63) is 53.6 Å². The summed E-state index contributed by atoms with van der Waals surface area (Å²) in [7, 11) is 0. The molecule has 11 nitrogen and oxygen atoms in total. The van der Waals surface area contributed by atoms with Crippen LogP contribution in [0.4, 0.5) is 16.2 Å². The summed E-state index contributed by atoms with van der Waals surface area (Å²) in [6.07, 6.45) is -0.300. The summed E-state index contributed by atoms with van der Waals surface area (Å²) in [4.78, 5) is 54.6. The Balaban J connectivity index is 1.47. The van der Waals surface area contributed by atoms with Gasteiger partial charge in [0.15, 0.2) is 13.2 Å². The molecule has 0 aliphatic carbocycles. The fraction of sp³-hybridized carbons (Fsp3) is 0.484. The first-order chi connectivity index (χ1) is 19.9. The number of likely N-dealkylation sites (N-methyl/N-ethyl adjacent to an activating group) is 1. The van der Waals surface area contributed by atoms with E-state index < -0.39 is 11.6 Å². The van der Waals surface area contributed by atoms with Crippen molar-refractivity contribution in [1.82, 2.24) is 9.80 Å². The van der Waals surface area contributed by atoms with Gasteiger partial charge in [0.05, 0.1) is 0 Å². The summed E-state index contributed by atoms with van der Waals surface area (Å²) in [5.41, 5.74) is 2.33. The van der Waals surface area contributed by atoms with Crippen molar-refractivity contribution in [2.75, 3.05) is 62.7 Å². The maximum Gasteiger partial charge on any atom is 0.410 e. The first-order valence-corrected chi connectivity index (χ1v) is 14.2. The number of nitrogens with one attached hydrogen (secondary N) is 1. The molecule has 0 spiro atoms. The molecule has 0 saturated carbocycles. The van der Waals surface area contributed by atoms with Crippen LogP contribution < -0.4 is 15.0 Å². The normalized spacial score (nSPS) is 13.3. The van der Waals surface area contributed by atoms with E-state index in [-0.39, 0.29) is 31.1 Å². The Bertz CT molecular complexity index is 1240. The van der Waals surface area contributed by atoms with Crippen LogP contribution in [0.1, 0.15) is 50.5 Å². The highest BCUT2D eigenvalue weighted by Gasteiger charge is 2.26. The lowest BCUT2D eigenvalue weighted by atomic mass is 10.1. The number of nitrogens with zero attached hydrogens (tertiary/aromatic N) is 3. The number of hydrogen-bond acceptors (Lipinski definition) is 8. The topological polar surface area (TPSA) is 118 Å². The number of esters is 1. The first-order valence-electron chi connectivity index (χ1n) is 14.2. The quantitative estimate of drug-likeness (QED) is 0.416. The lowest BCUT2D eigenvalue weighted by molar-refractivity contribution is -0.153. The molecule has 11 heteroatoms. The van der Waals surface area contributed by atoms with Gasteiger partial charge in [-0.3, -0.25) is 9.59 Å². The Morgan fingerprint density at radius 3 is 2.12 bits per heavy atom. The average Bonchev–Trinajstić information content (AvgIpc) is 2.96. The standard InChI is InChI=1S/C31H42N4O7/c1-7-33(8-2)27(36)20-41-28(37)21-40-25-13-14-26(22(3)19-25)32-29(38)23-9-11-24(12-10-23)34-15-17-35(18-16-34)30(39)42-31(4,5)6/h9-14,19H,7-8,15-18,20-21H2,1-6H3,(H,32,38). The van der Waals surface area contributed by atoms with Crippen molar-refractivity contribution < 1.29 is 33.4 Å². The highest BCUT2D eigenvalue weighted by atomic mass is 16.6. The van der Waals surface area contributed by atoms with Crippen LogP contribution in [0.2, 0.25) is 0 Å². The fourth-order valence-electron chi connectivity index (χ4n) is 4.35. The number of hydrogen-bond donors (Lipinski definition) is 1. The number of benzene rings is 2. The molecule has 2 aromatic rings. The SMILES string of the molecule is CCN(CC)C(=O)COC(=O)COc1ccc(NC(=O)c2ccc(N3CCN(C(=O)OC(C)(C)C)CC3)cc2)c(C)c1. The number of carbonyl (C=O) groups is 4. The lowest BCUT2D eigenvalue weighted by Gasteiger charge is -2.36. The molecule has 3 rings (SSSR count). The second-order valence-corrected chi connectivity index (χ2v) is 10.9. The predicted molar refractivity (Wildman–Crippen MR) is 160 cm³/mol. The molecular weight excluding hydrogens is 540 g/mol. The maximum absolute atomic E-state index is 12.9. The summed E-state index contributed by atoms with van der Waals surface area (Å²) in [6, 6.07) is 12.4. The van der Waals surface area contributed by atoms with Gasteiger partial charge in [0.2, 0.25) is 0 Å². The highest BCUT2D eigenvalue weighted by molar-refractivity contribution is 6.04. The third-order valence-electron chi connectivity index (χ3n) is 6.70. The molecule has 1 fully saturated rings. The summed E-state index contributed by atoms with van der Waals surface area (Å²) in [6.45, 7) is 14.0. The van der Waals surface area contributed by atoms with Crippen molar-refractivity contribution in [2.24, 2.45) is 0 Å². The number of amides is 3. The molecular formula is C31H42N4O7. The average molecular weight is 583 g/mol. The summed E-state index contributed by atoms with van der Waals surface area (Å²) >= 11 is 0. The van der Waals surface area contributed by atoms with Crippen LogP contribution in [0.5, 0.6) is 5.75 Å². The van der Waals surface area contributed by atoms with Crippen molar-refractivity contribution in [2.45, 2.75) is 47.1 Å². The van der Waals surface area contributed by atoms with Gasteiger partial charge in [0.1, 0.15) is 11.4 Å². The second kappa shape index (κ2) is 14.6. The Morgan fingerprint density at radius 2 is 1.55 bits per heavy atom. The van der Waals surface area contributed by atoms with Crippen LogP contribution >= 0.6 is 0 Å². The summed E-state index contributed by atoms with van der Waals surface area (Å²) in [5.74, 6) is -0.709. The minimum Gasteiger partial charge on any atom is -0.482 e. The number of ether oxygens (including phenoxy) is 3. The van der Waals surface area contributed by atoms with Crippen molar-refractivity contribution in [1.29, 1.82) is 0 Å². The molecule has 0 radical (unpaired) electrons. The van der Waals surface area contributed by atoms with E-state index >= 15 is 0 Å². The first kappa shape index (κ1) is 32.2. The minimum absolute atomic E-state index is 0.253. The number of carbonyl (C=O) groups excluding carboxylic acids is 4. The Labute approximate surface area is 247 Å². The molecule has 3 amide bonds. The van der Waals surface area contributed by atoms with Gasteiger partial charge in [-0.05, 0) is 89.6 Å². The van der Waals surface area contributed by atoms with Crippen molar-refractivity contribution in [3.8, 4) is 5.75 Å². The highest BCUT2D eigenvalue weighted by Crippen LogP contribution is 2.23. The van der Waals surface area contributed by atoms with Crippen molar-refractivity contribution >= 4 is 35.3 Å². The second-order valence-electron chi connectivity index (χ2n) is 10.9. The van der Waals surface area contributed by atoms with E-state index in [1.54, 1.807) is 40.1 Å². The van der Waals surface area contributed by atoms with E-state index in [0.29, 0.717) is 56.3 Å². The zero-order valence-electron chi connectivity index (χ0n) is 25.4. The van der Waals surface area contributed by atoms with E-state index in [2.05, 4.69) is 10.2 Å². The van der Waals surface area contributed by atoms with Gasteiger partial charge >= 0.3 is 12.1 Å². The molecule has 42 heavy (non-hydrogen) atoms. The molecule has 1 heterocycles. The molecule has 0 aromatic heterocycles. The van der Waals surface area contributed by atoms with E-state index in [1.807, 2.05) is 53.7 Å². The van der Waals surface area contributed by atoms with E-state index in [0.717, 1.165) is 11.3 Å². The van der Waals surface area contributed by atoms with Gasteiger partial charge in [-0.2, -0.15) is 0 Å². The maximum atomic E-state index is 12.9. The van der Waals surface area contributed by atoms with Gasteiger partial charge in [-0.25, -0.2) is 9.59 Å². The summed E-state index contributed by atoms with van der Waals surface area (Å²) < 4.78 is 16.0. The largest absolute Gasteiger partial charge is 0.482 e. The molecule has 1 aliphatic rings. The Kier molecular flexibility index (Phi) is 11.2. The summed E-state index contributed by atoms with van der Waals surface area (Å²) in [5, 5.41) is 2.91. The van der Waals surface area contributed by atoms with Gasteiger partial charge in [0.25, 0.3) is 11.8 Å². The lowest BCUT2D eigenvalue weighted by Crippen LogP contribution is -2.50. The third kappa shape index (κ3) is 9.39. The van der Waals surface area contributed by atoms with E-state index in [1.165, 1.54) is 0 Å². The van der Waals surface area contributed by atoms with Gasteiger partial charge < -0.3 is 34.2 Å². The molecule has 2 aromatic carbocycles. The molecule has 0 unspecified atom stereocenters. The number of piperazine rings is 1. The minimum atomic E-state index is -0.640. The number of rotatable bonds is 10. The zero-order chi connectivity index (χ0) is 30.9. The van der Waals surface area contributed by atoms with Crippen LogP contribution in [-0.4, -0.2) is 91.8 Å². The predicted octanol–water partition coefficient (Wildman–Crippen LogP) is 4.09. The van der Waals surface area contributed by atoms with Gasteiger partial charge in [-0.1, -0.05) is 0 Å². The Morgan fingerprint density at radius 1 is 0.905 bits per heavy atom. The Hall–Kier alpha value is -4.28. The van der Waals surface area contributed by atoms with Crippen LogP contribution in [0.3, 0.4) is 0 Å². The molecule has 0 bridgehead atoms. The zero-order valence-corrected chi connectivity index (χ0v) is 25.4. The number of anilines is 2. The third-order valence-corrected chi connectivity index (χ3v) is 6.70. The van der Waals surface area contributed by atoms with Crippen molar-refractivity contribution in [3.63, 3.8) is 0 Å². The molecule has 1 saturated heterocycles.